The predicted molar refractivity (Wildman–Crippen MR) is 95.6 cm³/mol. The molecule has 0 fully saturated rings. The number of hydrogen-bond acceptors (Lipinski definition) is 6. The maximum absolute atomic E-state index is 12.0. The number of nitrogens with zero attached hydrogens (tertiary/aromatic N) is 4. The van der Waals surface area contributed by atoms with Crippen LogP contribution >= 0.6 is 11.8 Å². The Hall–Kier alpha value is -2.42. The standard InChI is InChI=1S/C16H22N6O2S/c1-5-17-15(24)12(4)18-14(23)9-25-16-19-20-21-22(16)13-8-6-7-10(2)11(13)3/h6-8,12H,5,9H2,1-4H3,(H,17,24)(H,18,23)/t12-/m0/s1. The molecule has 0 radical (unpaired) electrons. The van der Waals surface area contributed by atoms with Crippen molar-refractivity contribution in [3.05, 3.63) is 29.3 Å². The first-order valence-electron chi connectivity index (χ1n) is 7.98. The number of rotatable bonds is 7. The highest BCUT2D eigenvalue weighted by Gasteiger charge is 2.17. The fraction of sp³-hybridized carbons (Fsp3) is 0.438. The molecule has 1 atom stereocenters. The fourth-order valence-corrected chi connectivity index (χ4v) is 2.89. The van der Waals surface area contributed by atoms with Gasteiger partial charge in [0.25, 0.3) is 0 Å². The van der Waals surface area contributed by atoms with Crippen molar-refractivity contribution in [2.24, 2.45) is 0 Å². The average Bonchev–Trinajstić information content (AvgIpc) is 3.04. The molecule has 1 heterocycles. The van der Waals surface area contributed by atoms with Gasteiger partial charge in [0.15, 0.2) is 0 Å². The summed E-state index contributed by atoms with van der Waals surface area (Å²) in [6.45, 7) is 8.02. The summed E-state index contributed by atoms with van der Waals surface area (Å²) in [7, 11) is 0. The number of carbonyl (C=O) groups excluding carboxylic acids is 2. The number of tetrazole rings is 1. The maximum Gasteiger partial charge on any atom is 0.242 e. The summed E-state index contributed by atoms with van der Waals surface area (Å²) in [5.74, 6) is -0.338. The highest BCUT2D eigenvalue weighted by Crippen LogP contribution is 2.22. The van der Waals surface area contributed by atoms with Gasteiger partial charge in [-0.25, -0.2) is 0 Å². The molecule has 8 nitrogen and oxygen atoms in total. The van der Waals surface area contributed by atoms with E-state index in [1.54, 1.807) is 11.6 Å². The van der Waals surface area contributed by atoms with Crippen LogP contribution in [0.15, 0.2) is 23.4 Å². The Morgan fingerprint density at radius 2 is 2.08 bits per heavy atom. The van der Waals surface area contributed by atoms with Gasteiger partial charge in [-0.15, -0.1) is 5.10 Å². The summed E-state index contributed by atoms with van der Waals surface area (Å²) < 4.78 is 1.62. The summed E-state index contributed by atoms with van der Waals surface area (Å²) in [4.78, 5) is 23.7. The lowest BCUT2D eigenvalue weighted by molar-refractivity contribution is -0.127. The van der Waals surface area contributed by atoms with Crippen LogP contribution in [0, 0.1) is 13.8 Å². The van der Waals surface area contributed by atoms with E-state index in [4.69, 9.17) is 0 Å². The molecule has 0 saturated heterocycles. The third-order valence-electron chi connectivity index (χ3n) is 3.70. The lowest BCUT2D eigenvalue weighted by Gasteiger charge is -2.13. The molecule has 0 aliphatic heterocycles. The van der Waals surface area contributed by atoms with Gasteiger partial charge in [0, 0.05) is 6.54 Å². The number of thioether (sulfide) groups is 1. The lowest BCUT2D eigenvalue weighted by atomic mass is 10.1. The normalized spacial score (nSPS) is 11.8. The lowest BCUT2D eigenvalue weighted by Crippen LogP contribution is -2.45. The minimum absolute atomic E-state index is 0.120. The molecule has 0 saturated carbocycles. The van der Waals surface area contributed by atoms with E-state index in [2.05, 4.69) is 26.2 Å². The van der Waals surface area contributed by atoms with Crippen molar-refractivity contribution in [1.29, 1.82) is 0 Å². The molecule has 9 heteroatoms. The van der Waals surface area contributed by atoms with Gasteiger partial charge in [-0.05, 0) is 55.3 Å². The van der Waals surface area contributed by atoms with Crippen molar-refractivity contribution in [3.63, 3.8) is 0 Å². The number of aromatic nitrogens is 4. The first-order valence-corrected chi connectivity index (χ1v) is 8.97. The molecule has 134 valence electrons. The monoisotopic (exact) mass is 362 g/mol. The summed E-state index contributed by atoms with van der Waals surface area (Å²) in [6.07, 6.45) is 0. The van der Waals surface area contributed by atoms with Crippen molar-refractivity contribution in [3.8, 4) is 5.69 Å². The zero-order valence-corrected chi connectivity index (χ0v) is 15.6. The number of benzene rings is 1. The highest BCUT2D eigenvalue weighted by molar-refractivity contribution is 7.99. The summed E-state index contributed by atoms with van der Waals surface area (Å²) >= 11 is 1.22. The Labute approximate surface area is 150 Å². The van der Waals surface area contributed by atoms with E-state index >= 15 is 0 Å². The van der Waals surface area contributed by atoms with Gasteiger partial charge >= 0.3 is 0 Å². The van der Waals surface area contributed by atoms with E-state index in [1.807, 2.05) is 39.0 Å². The van der Waals surface area contributed by atoms with Crippen molar-refractivity contribution in [2.75, 3.05) is 12.3 Å². The molecule has 25 heavy (non-hydrogen) atoms. The van der Waals surface area contributed by atoms with Crippen LogP contribution in [-0.4, -0.2) is 50.4 Å². The Morgan fingerprint density at radius 1 is 1.32 bits per heavy atom. The zero-order valence-electron chi connectivity index (χ0n) is 14.7. The average molecular weight is 362 g/mol. The second-order valence-corrected chi connectivity index (χ2v) is 6.51. The molecule has 0 aliphatic carbocycles. The van der Waals surface area contributed by atoms with Gasteiger partial charge in [-0.1, -0.05) is 23.9 Å². The van der Waals surface area contributed by atoms with Crippen molar-refractivity contribution < 1.29 is 9.59 Å². The Bertz CT molecular complexity index is 761. The van der Waals surface area contributed by atoms with Crippen LogP contribution in [0.3, 0.4) is 0 Å². The molecule has 0 unspecified atom stereocenters. The van der Waals surface area contributed by atoms with Crippen molar-refractivity contribution >= 4 is 23.6 Å². The molecule has 0 aliphatic rings. The van der Waals surface area contributed by atoms with Gasteiger partial charge in [0.1, 0.15) is 6.04 Å². The van der Waals surface area contributed by atoms with Crippen LogP contribution in [0.4, 0.5) is 0 Å². The minimum Gasteiger partial charge on any atom is -0.355 e. The summed E-state index contributed by atoms with van der Waals surface area (Å²) in [5, 5.41) is 17.6. The van der Waals surface area contributed by atoms with E-state index in [-0.39, 0.29) is 17.6 Å². The topological polar surface area (TPSA) is 102 Å². The quantitative estimate of drug-likeness (QED) is 0.713. The molecule has 1 aromatic heterocycles. The zero-order chi connectivity index (χ0) is 18.4. The number of aryl methyl sites for hydroxylation is 1. The van der Waals surface area contributed by atoms with Gasteiger partial charge in [-0.3, -0.25) is 9.59 Å². The number of amides is 2. The smallest absolute Gasteiger partial charge is 0.242 e. The maximum atomic E-state index is 12.0. The Morgan fingerprint density at radius 3 is 2.80 bits per heavy atom. The van der Waals surface area contributed by atoms with E-state index in [0.29, 0.717) is 11.7 Å². The second kappa shape index (κ2) is 8.61. The molecule has 2 amide bonds. The largest absolute Gasteiger partial charge is 0.355 e. The number of nitrogens with one attached hydrogen (secondary N) is 2. The Balaban J connectivity index is 2.01. The van der Waals surface area contributed by atoms with Gasteiger partial charge in [0.05, 0.1) is 11.4 Å². The van der Waals surface area contributed by atoms with Crippen LogP contribution < -0.4 is 10.6 Å². The molecule has 0 spiro atoms. The first kappa shape index (κ1) is 18.9. The first-order chi connectivity index (χ1) is 11.9. The van der Waals surface area contributed by atoms with Crippen LogP contribution in [0.1, 0.15) is 25.0 Å². The van der Waals surface area contributed by atoms with E-state index in [0.717, 1.165) is 16.8 Å². The van der Waals surface area contributed by atoms with E-state index < -0.39 is 6.04 Å². The highest BCUT2D eigenvalue weighted by atomic mass is 32.2. The van der Waals surface area contributed by atoms with Crippen LogP contribution in [-0.2, 0) is 9.59 Å². The summed E-state index contributed by atoms with van der Waals surface area (Å²) in [5.41, 5.74) is 3.09. The van der Waals surface area contributed by atoms with Crippen molar-refractivity contribution in [2.45, 2.75) is 38.9 Å². The van der Waals surface area contributed by atoms with Crippen molar-refractivity contribution in [1.82, 2.24) is 30.8 Å². The third kappa shape index (κ3) is 4.79. The number of carbonyl (C=O) groups is 2. The molecule has 2 rings (SSSR count). The van der Waals surface area contributed by atoms with E-state index in [1.165, 1.54) is 11.8 Å². The van der Waals surface area contributed by atoms with Crippen LogP contribution in [0.2, 0.25) is 0 Å². The van der Waals surface area contributed by atoms with Crippen LogP contribution in [0.25, 0.3) is 5.69 Å². The van der Waals surface area contributed by atoms with E-state index in [9.17, 15) is 9.59 Å². The number of likely N-dealkylation sites (N-methyl/N-ethyl adjacent to an activating group) is 1. The third-order valence-corrected chi connectivity index (χ3v) is 4.62. The molecule has 2 aromatic rings. The molecule has 0 bridgehead atoms. The number of hydrogen-bond donors (Lipinski definition) is 2. The predicted octanol–water partition coefficient (Wildman–Crippen LogP) is 1.01. The molecule has 2 N–H and O–H groups in total. The molecular formula is C16H22N6O2S. The second-order valence-electron chi connectivity index (χ2n) is 5.56. The van der Waals surface area contributed by atoms with Gasteiger partial charge in [-0.2, -0.15) is 4.68 Å². The van der Waals surface area contributed by atoms with Gasteiger partial charge in [0.2, 0.25) is 17.0 Å². The Kier molecular flexibility index (Phi) is 6.51. The molecule has 1 aromatic carbocycles. The molecular weight excluding hydrogens is 340 g/mol. The minimum atomic E-state index is -0.580. The summed E-state index contributed by atoms with van der Waals surface area (Å²) in [6, 6.07) is 5.31. The van der Waals surface area contributed by atoms with Crippen LogP contribution in [0.5, 0.6) is 0 Å². The fourth-order valence-electron chi connectivity index (χ4n) is 2.19. The SMILES string of the molecule is CCNC(=O)[C@H](C)NC(=O)CSc1nnnn1-c1cccc(C)c1C. The van der Waals surface area contributed by atoms with Gasteiger partial charge < -0.3 is 10.6 Å².